The minimum atomic E-state index is 0.349. The van der Waals surface area contributed by atoms with Crippen molar-refractivity contribution >= 4 is 15.9 Å². The molecule has 3 nitrogen and oxygen atoms in total. The van der Waals surface area contributed by atoms with Crippen LogP contribution in [0.15, 0.2) is 35.1 Å². The van der Waals surface area contributed by atoms with Crippen molar-refractivity contribution in [2.24, 2.45) is 0 Å². The average Bonchev–Trinajstić information content (AvgIpc) is 3.04. The largest absolute Gasteiger partial charge is 0.250 e. The Labute approximate surface area is 138 Å². The quantitative estimate of drug-likeness (QED) is 0.626. The molecule has 0 saturated carbocycles. The lowest BCUT2D eigenvalue weighted by atomic mass is 10.2. The predicted octanol–water partition coefficient (Wildman–Crippen LogP) is 6.37. The van der Waals surface area contributed by atoms with Crippen LogP contribution >= 0.6 is 15.9 Å². The van der Waals surface area contributed by atoms with E-state index in [4.69, 9.17) is 0 Å². The first-order chi connectivity index (χ1) is 10.2. The van der Waals surface area contributed by atoms with E-state index in [9.17, 15) is 0 Å². The van der Waals surface area contributed by atoms with E-state index in [1.54, 1.807) is 6.33 Å². The molecule has 2 rings (SSSR count). The van der Waals surface area contributed by atoms with E-state index in [0.717, 1.165) is 15.9 Å². The molecule has 120 valence electrons. The van der Waals surface area contributed by atoms with Gasteiger partial charge in [-0.05, 0) is 26.0 Å². The van der Waals surface area contributed by atoms with Crippen LogP contribution in [0.5, 0.6) is 0 Å². The summed E-state index contributed by atoms with van der Waals surface area (Å²) in [5, 5.41) is 4.40. The lowest BCUT2D eigenvalue weighted by Gasteiger charge is -2.01. The molecule has 21 heavy (non-hydrogen) atoms. The molecule has 1 heterocycles. The highest BCUT2D eigenvalue weighted by Crippen LogP contribution is 2.18. The smallest absolute Gasteiger partial charge is 0.181 e. The Bertz CT molecular complexity index is 447. The molecular formula is C17H30BrN3. The van der Waals surface area contributed by atoms with Crippen LogP contribution < -0.4 is 0 Å². The van der Waals surface area contributed by atoms with E-state index in [-0.39, 0.29) is 0 Å². The Morgan fingerprint density at radius 3 is 1.76 bits per heavy atom. The summed E-state index contributed by atoms with van der Waals surface area (Å²) < 4.78 is 2.92. The van der Waals surface area contributed by atoms with Gasteiger partial charge in [0.25, 0.3) is 0 Å². The summed E-state index contributed by atoms with van der Waals surface area (Å²) in [6.07, 6.45) is 1.77. The van der Waals surface area contributed by atoms with Gasteiger partial charge in [0.2, 0.25) is 0 Å². The summed E-state index contributed by atoms with van der Waals surface area (Å²) in [7, 11) is 0. The Balaban J connectivity index is 0. The Kier molecular flexibility index (Phi) is 14.5. The van der Waals surface area contributed by atoms with E-state index in [1.165, 1.54) is 0 Å². The Hall–Kier alpha value is -1.16. The highest BCUT2D eigenvalue weighted by molar-refractivity contribution is 9.10. The van der Waals surface area contributed by atoms with Gasteiger partial charge in [-0.25, -0.2) is 9.67 Å². The lowest BCUT2D eigenvalue weighted by molar-refractivity contribution is 0.532. The van der Waals surface area contributed by atoms with Gasteiger partial charge in [-0.1, -0.05) is 69.6 Å². The molecule has 1 aromatic carbocycles. The SMILES string of the molecule is CC.CC.CC.CC(C)n1cnc(-c2ccc(Br)cc2)n1. The zero-order chi connectivity index (χ0) is 16.8. The summed E-state index contributed by atoms with van der Waals surface area (Å²) in [6, 6.07) is 8.34. The fourth-order valence-electron chi connectivity index (χ4n) is 1.25. The number of hydrogen-bond acceptors (Lipinski definition) is 2. The molecule has 0 atom stereocenters. The summed E-state index contributed by atoms with van der Waals surface area (Å²) in [5.41, 5.74) is 1.04. The van der Waals surface area contributed by atoms with E-state index in [2.05, 4.69) is 39.9 Å². The third kappa shape index (κ3) is 8.00. The molecule has 0 fully saturated rings. The molecule has 0 aliphatic heterocycles. The van der Waals surface area contributed by atoms with Crippen LogP contribution in [-0.2, 0) is 0 Å². The standard InChI is InChI=1S/C11H12BrN3.3C2H6/c1-8(2)15-7-13-11(14-15)9-3-5-10(12)6-4-9;3*1-2/h3-8H,1-2H3;3*1-2H3. The first-order valence-electron chi connectivity index (χ1n) is 7.84. The maximum absolute atomic E-state index is 4.40. The third-order valence-electron chi connectivity index (χ3n) is 2.14. The zero-order valence-electron chi connectivity index (χ0n) is 14.7. The molecule has 2 aromatic rings. The second-order valence-electron chi connectivity index (χ2n) is 3.65. The minimum absolute atomic E-state index is 0.349. The van der Waals surface area contributed by atoms with Crippen LogP contribution in [0.2, 0.25) is 0 Å². The van der Waals surface area contributed by atoms with Gasteiger partial charge in [-0.3, -0.25) is 0 Å². The molecule has 0 spiro atoms. The highest BCUT2D eigenvalue weighted by Gasteiger charge is 2.05. The fraction of sp³-hybridized carbons (Fsp3) is 0.529. The fourth-order valence-corrected chi connectivity index (χ4v) is 1.52. The molecule has 0 bridgehead atoms. The summed E-state index contributed by atoms with van der Waals surface area (Å²) >= 11 is 3.40. The Morgan fingerprint density at radius 2 is 1.38 bits per heavy atom. The summed E-state index contributed by atoms with van der Waals surface area (Å²) in [5.74, 6) is 0.774. The van der Waals surface area contributed by atoms with Gasteiger partial charge in [-0.15, -0.1) is 0 Å². The molecule has 4 heteroatoms. The van der Waals surface area contributed by atoms with Crippen molar-refractivity contribution in [3.63, 3.8) is 0 Å². The lowest BCUT2D eigenvalue weighted by Crippen LogP contribution is -2.00. The summed E-state index contributed by atoms with van der Waals surface area (Å²) in [4.78, 5) is 4.27. The molecule has 0 saturated heterocycles. The van der Waals surface area contributed by atoms with Gasteiger partial charge in [0, 0.05) is 16.1 Å². The number of benzene rings is 1. The van der Waals surface area contributed by atoms with Gasteiger partial charge in [0.1, 0.15) is 6.33 Å². The molecule has 0 aliphatic carbocycles. The van der Waals surface area contributed by atoms with Crippen LogP contribution in [0.3, 0.4) is 0 Å². The monoisotopic (exact) mass is 355 g/mol. The summed E-state index contributed by atoms with van der Waals surface area (Å²) in [6.45, 7) is 16.2. The van der Waals surface area contributed by atoms with Crippen LogP contribution in [0.4, 0.5) is 0 Å². The van der Waals surface area contributed by atoms with Crippen molar-refractivity contribution in [3.8, 4) is 11.4 Å². The van der Waals surface area contributed by atoms with Crippen LogP contribution in [0.1, 0.15) is 61.4 Å². The number of hydrogen-bond donors (Lipinski definition) is 0. The maximum Gasteiger partial charge on any atom is 0.181 e. The van der Waals surface area contributed by atoms with Gasteiger partial charge in [-0.2, -0.15) is 5.10 Å². The van der Waals surface area contributed by atoms with Gasteiger partial charge in [0.05, 0.1) is 0 Å². The van der Waals surface area contributed by atoms with Gasteiger partial charge >= 0.3 is 0 Å². The molecule has 0 amide bonds. The van der Waals surface area contributed by atoms with Crippen LogP contribution in [-0.4, -0.2) is 14.8 Å². The number of nitrogens with zero attached hydrogens (tertiary/aromatic N) is 3. The van der Waals surface area contributed by atoms with Gasteiger partial charge < -0.3 is 0 Å². The normalized spacial score (nSPS) is 8.67. The third-order valence-corrected chi connectivity index (χ3v) is 2.67. The Morgan fingerprint density at radius 1 is 0.905 bits per heavy atom. The highest BCUT2D eigenvalue weighted by atomic mass is 79.9. The number of rotatable bonds is 2. The zero-order valence-corrected chi connectivity index (χ0v) is 16.3. The van der Waals surface area contributed by atoms with E-state index in [1.807, 2.05) is 70.5 Å². The second kappa shape index (κ2) is 13.8. The van der Waals surface area contributed by atoms with E-state index < -0.39 is 0 Å². The van der Waals surface area contributed by atoms with E-state index in [0.29, 0.717) is 6.04 Å². The first kappa shape index (κ1) is 22.1. The topological polar surface area (TPSA) is 30.7 Å². The van der Waals surface area contributed by atoms with Crippen LogP contribution in [0.25, 0.3) is 11.4 Å². The minimum Gasteiger partial charge on any atom is -0.250 e. The second-order valence-corrected chi connectivity index (χ2v) is 4.56. The van der Waals surface area contributed by atoms with Crippen molar-refractivity contribution < 1.29 is 0 Å². The van der Waals surface area contributed by atoms with Crippen molar-refractivity contribution in [3.05, 3.63) is 35.1 Å². The molecular weight excluding hydrogens is 326 g/mol. The average molecular weight is 356 g/mol. The van der Waals surface area contributed by atoms with Crippen molar-refractivity contribution in [2.45, 2.75) is 61.4 Å². The van der Waals surface area contributed by atoms with Gasteiger partial charge in [0.15, 0.2) is 5.82 Å². The first-order valence-corrected chi connectivity index (χ1v) is 8.63. The van der Waals surface area contributed by atoms with E-state index >= 15 is 0 Å². The molecule has 0 unspecified atom stereocenters. The number of aromatic nitrogens is 3. The van der Waals surface area contributed by atoms with Crippen molar-refractivity contribution in [2.75, 3.05) is 0 Å². The van der Waals surface area contributed by atoms with Crippen LogP contribution in [0, 0.1) is 0 Å². The molecule has 0 N–H and O–H groups in total. The van der Waals surface area contributed by atoms with Crippen molar-refractivity contribution in [1.29, 1.82) is 0 Å². The molecule has 0 radical (unpaired) electrons. The predicted molar refractivity (Wildman–Crippen MR) is 97.6 cm³/mol. The molecule has 1 aromatic heterocycles. The number of halogens is 1. The van der Waals surface area contributed by atoms with Crippen molar-refractivity contribution in [1.82, 2.24) is 14.8 Å². The maximum atomic E-state index is 4.40. The molecule has 0 aliphatic rings.